The van der Waals surface area contributed by atoms with Gasteiger partial charge < -0.3 is 5.32 Å². The van der Waals surface area contributed by atoms with Gasteiger partial charge in [0.15, 0.2) is 0 Å². The predicted octanol–water partition coefficient (Wildman–Crippen LogP) is 2.44. The molecule has 1 aliphatic carbocycles. The summed E-state index contributed by atoms with van der Waals surface area (Å²) in [6.07, 6.45) is 6.22. The minimum atomic E-state index is -0.155. The monoisotopic (exact) mass is 342 g/mol. The van der Waals surface area contributed by atoms with Crippen molar-refractivity contribution in [3.63, 3.8) is 0 Å². The van der Waals surface area contributed by atoms with Crippen molar-refractivity contribution < 1.29 is 14.4 Å². The number of amides is 3. The van der Waals surface area contributed by atoms with Gasteiger partial charge in [-0.15, -0.1) is 0 Å². The van der Waals surface area contributed by atoms with Gasteiger partial charge in [-0.2, -0.15) is 0 Å². The number of hydrogen-bond donors (Lipinski definition) is 1. The number of likely N-dealkylation sites (tertiary alicyclic amines) is 1. The lowest BCUT2D eigenvalue weighted by Crippen LogP contribution is -2.44. The van der Waals surface area contributed by atoms with Crippen LogP contribution in [0.2, 0.25) is 0 Å². The Kier molecular flexibility index (Phi) is 5.84. The fourth-order valence-electron chi connectivity index (χ4n) is 3.92. The molecular formula is C20H26N2O3. The van der Waals surface area contributed by atoms with Crippen molar-refractivity contribution in [2.24, 2.45) is 5.92 Å². The van der Waals surface area contributed by atoms with E-state index in [0.29, 0.717) is 5.92 Å². The minimum Gasteiger partial charge on any atom is -0.353 e. The number of carbonyl (C=O) groups excluding carboxylic acids is 3. The first-order valence-electron chi connectivity index (χ1n) is 9.30. The second-order valence-electron chi connectivity index (χ2n) is 7.10. The second-order valence-corrected chi connectivity index (χ2v) is 7.10. The van der Waals surface area contributed by atoms with Gasteiger partial charge in [0, 0.05) is 31.8 Å². The molecule has 2 atom stereocenters. The van der Waals surface area contributed by atoms with E-state index < -0.39 is 0 Å². The molecule has 1 N–H and O–H groups in total. The molecule has 1 aromatic carbocycles. The largest absolute Gasteiger partial charge is 0.353 e. The van der Waals surface area contributed by atoms with Gasteiger partial charge in [0.05, 0.1) is 0 Å². The third-order valence-corrected chi connectivity index (χ3v) is 5.31. The van der Waals surface area contributed by atoms with E-state index in [-0.39, 0.29) is 49.6 Å². The van der Waals surface area contributed by atoms with Crippen LogP contribution in [0.3, 0.4) is 0 Å². The molecule has 1 heterocycles. The average Bonchev–Trinajstić information content (AvgIpc) is 2.94. The van der Waals surface area contributed by atoms with E-state index in [1.165, 1.54) is 16.9 Å². The third-order valence-electron chi connectivity index (χ3n) is 5.31. The van der Waals surface area contributed by atoms with Crippen molar-refractivity contribution in [2.45, 2.75) is 57.4 Å². The maximum Gasteiger partial charge on any atom is 0.229 e. The molecule has 5 heteroatoms. The van der Waals surface area contributed by atoms with Crippen molar-refractivity contribution in [2.75, 3.05) is 6.54 Å². The summed E-state index contributed by atoms with van der Waals surface area (Å²) in [6, 6.07) is 10.6. The summed E-state index contributed by atoms with van der Waals surface area (Å²) in [5.41, 5.74) is 1.31. The molecular weight excluding hydrogens is 316 g/mol. The van der Waals surface area contributed by atoms with Crippen molar-refractivity contribution in [1.29, 1.82) is 0 Å². The molecule has 25 heavy (non-hydrogen) atoms. The van der Waals surface area contributed by atoms with E-state index in [1.807, 2.05) is 6.07 Å². The zero-order valence-electron chi connectivity index (χ0n) is 14.6. The SMILES string of the molecule is O=C(CCN1C(=O)CCC1=O)N[C@H]1CCCC[C@H]1Cc1ccccc1. The summed E-state index contributed by atoms with van der Waals surface area (Å²) in [7, 11) is 0. The number of hydrogen-bond acceptors (Lipinski definition) is 3. The molecule has 0 radical (unpaired) electrons. The van der Waals surface area contributed by atoms with Crippen molar-refractivity contribution in [3.8, 4) is 0 Å². The van der Waals surface area contributed by atoms with Crippen LogP contribution in [-0.2, 0) is 20.8 Å². The Morgan fingerprint density at radius 1 is 1.04 bits per heavy atom. The van der Waals surface area contributed by atoms with E-state index in [1.54, 1.807) is 0 Å². The van der Waals surface area contributed by atoms with Crippen LogP contribution in [0.15, 0.2) is 30.3 Å². The lowest BCUT2D eigenvalue weighted by atomic mass is 9.80. The number of imide groups is 1. The molecule has 0 aromatic heterocycles. The van der Waals surface area contributed by atoms with Gasteiger partial charge in [-0.1, -0.05) is 43.2 Å². The molecule has 2 aliphatic rings. The number of benzene rings is 1. The van der Waals surface area contributed by atoms with Gasteiger partial charge in [0.25, 0.3) is 0 Å². The van der Waals surface area contributed by atoms with Crippen LogP contribution in [0.25, 0.3) is 0 Å². The molecule has 3 rings (SSSR count). The van der Waals surface area contributed by atoms with Gasteiger partial charge in [-0.05, 0) is 30.7 Å². The van der Waals surface area contributed by atoms with Crippen molar-refractivity contribution in [1.82, 2.24) is 10.2 Å². The van der Waals surface area contributed by atoms with E-state index in [0.717, 1.165) is 25.7 Å². The maximum atomic E-state index is 12.3. The van der Waals surface area contributed by atoms with Crippen LogP contribution >= 0.6 is 0 Å². The standard InChI is InChI=1S/C20H26N2O3/c23-18(12-13-22-19(24)10-11-20(22)25)21-17-9-5-4-8-16(17)14-15-6-2-1-3-7-15/h1-3,6-7,16-17H,4-5,8-14H2,(H,21,23)/t16-,17-/m0/s1. The molecule has 1 saturated heterocycles. The van der Waals surface area contributed by atoms with Gasteiger partial charge in [0.2, 0.25) is 17.7 Å². The maximum absolute atomic E-state index is 12.3. The number of carbonyl (C=O) groups is 3. The van der Waals surface area contributed by atoms with Gasteiger partial charge in [-0.3, -0.25) is 19.3 Å². The Bertz CT molecular complexity index is 613. The van der Waals surface area contributed by atoms with Gasteiger partial charge >= 0.3 is 0 Å². The van der Waals surface area contributed by atoms with Crippen molar-refractivity contribution >= 4 is 17.7 Å². The number of nitrogens with zero attached hydrogens (tertiary/aromatic N) is 1. The first-order valence-corrected chi connectivity index (χ1v) is 9.30. The highest BCUT2D eigenvalue weighted by Gasteiger charge is 2.30. The Hall–Kier alpha value is -2.17. The van der Waals surface area contributed by atoms with Crippen LogP contribution < -0.4 is 5.32 Å². The first kappa shape index (κ1) is 17.6. The average molecular weight is 342 g/mol. The fraction of sp³-hybridized carbons (Fsp3) is 0.550. The lowest BCUT2D eigenvalue weighted by molar-refractivity contribution is -0.138. The predicted molar refractivity (Wildman–Crippen MR) is 94.6 cm³/mol. The van der Waals surface area contributed by atoms with Crippen molar-refractivity contribution in [3.05, 3.63) is 35.9 Å². The Morgan fingerprint density at radius 3 is 2.44 bits per heavy atom. The van der Waals surface area contributed by atoms with E-state index in [4.69, 9.17) is 0 Å². The molecule has 1 saturated carbocycles. The summed E-state index contributed by atoms with van der Waals surface area (Å²) in [5.74, 6) is 0.0856. The topological polar surface area (TPSA) is 66.5 Å². The van der Waals surface area contributed by atoms with E-state index >= 15 is 0 Å². The second kappa shape index (κ2) is 8.28. The summed E-state index contributed by atoms with van der Waals surface area (Å²) in [4.78, 5) is 36.8. The Morgan fingerprint density at radius 2 is 1.72 bits per heavy atom. The first-order chi connectivity index (χ1) is 12.1. The normalized spacial score (nSPS) is 23.8. The van der Waals surface area contributed by atoms with Crippen LogP contribution in [0.4, 0.5) is 0 Å². The molecule has 134 valence electrons. The minimum absolute atomic E-state index is 0.0579. The molecule has 0 spiro atoms. The van der Waals surface area contributed by atoms with Crippen LogP contribution in [-0.4, -0.2) is 35.2 Å². The van der Waals surface area contributed by atoms with E-state index in [2.05, 4.69) is 29.6 Å². The summed E-state index contributed by atoms with van der Waals surface area (Å²) < 4.78 is 0. The van der Waals surface area contributed by atoms with E-state index in [9.17, 15) is 14.4 Å². The van der Waals surface area contributed by atoms with Crippen LogP contribution in [0.5, 0.6) is 0 Å². The van der Waals surface area contributed by atoms with Gasteiger partial charge in [0.1, 0.15) is 0 Å². The molecule has 3 amide bonds. The highest BCUT2D eigenvalue weighted by molar-refractivity contribution is 6.02. The summed E-state index contributed by atoms with van der Waals surface area (Å²) in [6.45, 7) is 0.208. The third kappa shape index (κ3) is 4.68. The number of rotatable bonds is 6. The molecule has 1 aliphatic heterocycles. The number of nitrogens with one attached hydrogen (secondary N) is 1. The fourth-order valence-corrected chi connectivity index (χ4v) is 3.92. The van der Waals surface area contributed by atoms with Gasteiger partial charge in [-0.25, -0.2) is 0 Å². The Balaban J connectivity index is 1.51. The van der Waals surface area contributed by atoms with Crippen LogP contribution in [0, 0.1) is 5.92 Å². The highest BCUT2D eigenvalue weighted by atomic mass is 16.2. The van der Waals surface area contributed by atoms with Crippen LogP contribution in [0.1, 0.15) is 50.5 Å². The molecule has 0 unspecified atom stereocenters. The zero-order valence-corrected chi connectivity index (χ0v) is 14.6. The Labute approximate surface area is 148 Å². The molecule has 2 fully saturated rings. The lowest BCUT2D eigenvalue weighted by Gasteiger charge is -2.32. The summed E-state index contributed by atoms with van der Waals surface area (Å²) in [5, 5.41) is 3.15. The quantitative estimate of drug-likeness (QED) is 0.808. The zero-order chi connectivity index (χ0) is 17.6. The highest BCUT2D eigenvalue weighted by Crippen LogP contribution is 2.27. The molecule has 1 aromatic rings. The molecule has 0 bridgehead atoms. The summed E-state index contributed by atoms with van der Waals surface area (Å²) >= 11 is 0. The smallest absolute Gasteiger partial charge is 0.229 e. The molecule has 5 nitrogen and oxygen atoms in total.